The van der Waals surface area contributed by atoms with Crippen molar-refractivity contribution in [3.63, 3.8) is 0 Å². The van der Waals surface area contributed by atoms with Crippen LogP contribution in [0.4, 0.5) is 5.69 Å². The Morgan fingerprint density at radius 3 is 2.59 bits per heavy atom. The summed E-state index contributed by atoms with van der Waals surface area (Å²) in [5.74, 6) is 0.0547. The van der Waals surface area contributed by atoms with Gasteiger partial charge in [-0.3, -0.25) is 9.78 Å². The number of anilines is 1. The molecule has 2 aromatic rings. The molecule has 1 amide bonds. The van der Waals surface area contributed by atoms with Crippen LogP contribution in [0.5, 0.6) is 0 Å². The number of thioether (sulfide) groups is 1. The zero-order valence-corrected chi connectivity index (χ0v) is 14.2. The number of nitrogens with one attached hydrogen (secondary N) is 1. The van der Waals surface area contributed by atoms with Gasteiger partial charge in [-0.25, -0.2) is 0 Å². The number of amides is 1. The topological polar surface area (TPSA) is 42.0 Å². The molecule has 1 aromatic carbocycles. The van der Waals surface area contributed by atoms with E-state index in [2.05, 4.69) is 10.3 Å². The van der Waals surface area contributed by atoms with Crippen LogP contribution in [0.25, 0.3) is 11.3 Å². The quantitative estimate of drug-likeness (QED) is 0.851. The molecular weight excluding hydrogens is 339 g/mol. The molecule has 1 saturated carbocycles. The Morgan fingerprint density at radius 2 is 2.05 bits per heavy atom. The van der Waals surface area contributed by atoms with Crippen molar-refractivity contribution < 1.29 is 4.79 Å². The number of nitrogens with zero attached hydrogens (tertiary/aromatic N) is 1. The van der Waals surface area contributed by atoms with Crippen LogP contribution in [-0.2, 0) is 4.79 Å². The second-order valence-electron chi connectivity index (χ2n) is 5.21. The summed E-state index contributed by atoms with van der Waals surface area (Å²) in [6.07, 6.45) is 5.49. The van der Waals surface area contributed by atoms with E-state index in [1.807, 2.05) is 24.5 Å². The number of hydrogen-bond donors (Lipinski definition) is 1. The van der Waals surface area contributed by atoms with E-state index in [0.717, 1.165) is 24.1 Å². The van der Waals surface area contributed by atoms with Crippen molar-refractivity contribution in [2.75, 3.05) is 11.6 Å². The van der Waals surface area contributed by atoms with Crippen LogP contribution < -0.4 is 5.32 Å². The summed E-state index contributed by atoms with van der Waals surface area (Å²) in [6.45, 7) is 0. The van der Waals surface area contributed by atoms with Gasteiger partial charge in [0.05, 0.1) is 27.3 Å². The van der Waals surface area contributed by atoms with Crippen molar-refractivity contribution >= 4 is 46.6 Å². The monoisotopic (exact) mass is 352 g/mol. The highest BCUT2D eigenvalue weighted by molar-refractivity contribution is 8.01. The normalized spacial score (nSPS) is 15.4. The van der Waals surface area contributed by atoms with Gasteiger partial charge in [0.15, 0.2) is 0 Å². The molecular formula is C16H14Cl2N2OS. The van der Waals surface area contributed by atoms with Crippen molar-refractivity contribution in [2.45, 2.75) is 17.6 Å². The number of pyridine rings is 1. The van der Waals surface area contributed by atoms with Gasteiger partial charge in [-0.15, -0.1) is 11.8 Å². The molecule has 1 N–H and O–H groups in total. The first-order chi connectivity index (χ1) is 10.5. The summed E-state index contributed by atoms with van der Waals surface area (Å²) in [7, 11) is 0. The molecule has 0 atom stereocenters. The number of carbonyl (C=O) groups excluding carboxylic acids is 1. The molecule has 0 unspecified atom stereocenters. The minimum Gasteiger partial charge on any atom is -0.324 e. The van der Waals surface area contributed by atoms with E-state index in [9.17, 15) is 4.79 Å². The fourth-order valence-electron chi connectivity index (χ4n) is 2.21. The predicted molar refractivity (Wildman–Crippen MR) is 93.8 cm³/mol. The van der Waals surface area contributed by atoms with Crippen LogP contribution in [0, 0.1) is 0 Å². The van der Waals surface area contributed by atoms with Gasteiger partial charge in [0, 0.05) is 10.6 Å². The van der Waals surface area contributed by atoms with Crippen molar-refractivity contribution in [3.8, 4) is 11.3 Å². The van der Waals surface area contributed by atoms with Crippen LogP contribution in [0.15, 0.2) is 36.5 Å². The molecule has 0 radical (unpaired) electrons. The van der Waals surface area contributed by atoms with Crippen LogP contribution in [-0.4, -0.2) is 21.9 Å². The van der Waals surface area contributed by atoms with Gasteiger partial charge >= 0.3 is 0 Å². The molecule has 1 fully saturated rings. The zero-order chi connectivity index (χ0) is 15.7. The van der Waals surface area contributed by atoms with Gasteiger partial charge < -0.3 is 5.32 Å². The maximum absolute atomic E-state index is 12.2. The van der Waals surface area contributed by atoms with Crippen molar-refractivity contribution in [2.24, 2.45) is 0 Å². The summed E-state index contributed by atoms with van der Waals surface area (Å²) in [4.78, 5) is 16.6. The van der Waals surface area contributed by atoms with Gasteiger partial charge in [0.2, 0.25) is 5.91 Å². The Kier molecular flexibility index (Phi) is 4.35. The van der Waals surface area contributed by atoms with E-state index in [0.29, 0.717) is 15.7 Å². The predicted octanol–water partition coefficient (Wildman–Crippen LogP) is 4.89. The van der Waals surface area contributed by atoms with E-state index in [1.54, 1.807) is 30.1 Å². The molecule has 114 valence electrons. The van der Waals surface area contributed by atoms with E-state index in [4.69, 9.17) is 23.2 Å². The summed E-state index contributed by atoms with van der Waals surface area (Å²) in [6, 6.07) is 8.96. The van der Waals surface area contributed by atoms with Crippen molar-refractivity contribution in [1.82, 2.24) is 4.98 Å². The summed E-state index contributed by atoms with van der Waals surface area (Å²) in [5.41, 5.74) is 2.25. The van der Waals surface area contributed by atoms with E-state index in [-0.39, 0.29) is 10.7 Å². The molecule has 0 bridgehead atoms. The molecule has 1 aliphatic carbocycles. The Bertz CT molecular complexity index is 715. The maximum Gasteiger partial charge on any atom is 0.240 e. The first-order valence-electron chi connectivity index (χ1n) is 6.82. The van der Waals surface area contributed by atoms with E-state index < -0.39 is 0 Å². The molecule has 1 heterocycles. The molecule has 3 rings (SSSR count). The first kappa shape index (κ1) is 15.7. The third kappa shape index (κ3) is 3.09. The first-order valence-corrected chi connectivity index (χ1v) is 8.80. The Balaban J connectivity index is 1.77. The van der Waals surface area contributed by atoms with E-state index in [1.165, 1.54) is 0 Å². The van der Waals surface area contributed by atoms with Crippen LogP contribution in [0.2, 0.25) is 10.0 Å². The van der Waals surface area contributed by atoms with Crippen LogP contribution in [0.1, 0.15) is 12.8 Å². The highest BCUT2D eigenvalue weighted by atomic mass is 35.5. The second-order valence-corrected chi connectivity index (χ2v) is 7.24. The second kappa shape index (κ2) is 6.11. The van der Waals surface area contributed by atoms with Gasteiger partial charge in [-0.05, 0) is 49.4 Å². The number of benzene rings is 1. The lowest BCUT2D eigenvalue weighted by Crippen LogP contribution is -2.26. The van der Waals surface area contributed by atoms with Gasteiger partial charge in [-0.1, -0.05) is 23.2 Å². The van der Waals surface area contributed by atoms with Gasteiger partial charge in [0.1, 0.15) is 0 Å². The smallest absolute Gasteiger partial charge is 0.240 e. The lowest BCUT2D eigenvalue weighted by Gasteiger charge is -2.12. The molecule has 1 aliphatic rings. The number of carbonyl (C=O) groups is 1. The Morgan fingerprint density at radius 1 is 1.27 bits per heavy atom. The van der Waals surface area contributed by atoms with Gasteiger partial charge in [0.25, 0.3) is 0 Å². The SMILES string of the molecule is CSC1(C(=O)Nc2ccc(-c3ccc(Cl)cc3Cl)nc2)CC1. The average molecular weight is 353 g/mol. The molecule has 6 heteroatoms. The number of hydrogen-bond acceptors (Lipinski definition) is 3. The van der Waals surface area contributed by atoms with Crippen molar-refractivity contribution in [3.05, 3.63) is 46.6 Å². The molecule has 0 spiro atoms. The summed E-state index contributed by atoms with van der Waals surface area (Å²) < 4.78 is -0.238. The number of halogens is 2. The lowest BCUT2D eigenvalue weighted by atomic mass is 10.1. The minimum absolute atomic E-state index is 0.0547. The Hall–Kier alpha value is -1.23. The standard InChI is InChI=1S/C16H14Cl2N2OS/c1-22-16(6-7-16)15(21)20-11-3-5-14(19-9-11)12-4-2-10(17)8-13(12)18/h2-5,8-9H,6-7H2,1H3,(H,20,21). The van der Waals surface area contributed by atoms with Crippen molar-refractivity contribution in [1.29, 1.82) is 0 Å². The summed E-state index contributed by atoms with van der Waals surface area (Å²) >= 11 is 13.7. The fraction of sp³-hybridized carbons (Fsp3) is 0.250. The molecule has 1 aromatic heterocycles. The van der Waals surface area contributed by atoms with Crippen LogP contribution >= 0.6 is 35.0 Å². The Labute approximate surface area is 143 Å². The lowest BCUT2D eigenvalue weighted by molar-refractivity contribution is -0.116. The largest absolute Gasteiger partial charge is 0.324 e. The summed E-state index contributed by atoms with van der Waals surface area (Å²) in [5, 5.41) is 4.06. The third-order valence-electron chi connectivity index (χ3n) is 3.74. The molecule has 22 heavy (non-hydrogen) atoms. The zero-order valence-electron chi connectivity index (χ0n) is 11.9. The van der Waals surface area contributed by atoms with Crippen LogP contribution in [0.3, 0.4) is 0 Å². The molecule has 3 nitrogen and oxygen atoms in total. The third-order valence-corrected chi connectivity index (χ3v) is 5.66. The highest BCUT2D eigenvalue weighted by Crippen LogP contribution is 2.47. The van der Waals surface area contributed by atoms with Gasteiger partial charge in [-0.2, -0.15) is 0 Å². The molecule has 0 aliphatic heterocycles. The average Bonchev–Trinajstić information content (AvgIpc) is 3.29. The fourth-order valence-corrected chi connectivity index (χ4v) is 3.46. The maximum atomic E-state index is 12.2. The number of aromatic nitrogens is 1. The molecule has 0 saturated heterocycles. The number of rotatable bonds is 4. The minimum atomic E-state index is -0.238. The van der Waals surface area contributed by atoms with E-state index >= 15 is 0 Å². The highest BCUT2D eigenvalue weighted by Gasteiger charge is 2.49.